The lowest BCUT2D eigenvalue weighted by Gasteiger charge is -2.34. The number of rotatable bonds is 5. The molecule has 4 rings (SSSR count). The fourth-order valence-electron chi connectivity index (χ4n) is 3.49. The van der Waals surface area contributed by atoms with Crippen LogP contribution in [0.4, 0.5) is 17.5 Å². The Balaban J connectivity index is 1.39. The fourth-order valence-corrected chi connectivity index (χ4v) is 4.99. The van der Waals surface area contributed by atoms with E-state index in [9.17, 15) is 8.42 Å². The summed E-state index contributed by atoms with van der Waals surface area (Å²) in [5.74, 6) is 2.05. The molecule has 0 saturated carbocycles. The third-order valence-corrected chi connectivity index (χ3v) is 7.37. The maximum absolute atomic E-state index is 13.0. The molecule has 0 unspecified atom stereocenters. The van der Waals surface area contributed by atoms with E-state index >= 15 is 0 Å². The lowest BCUT2D eigenvalue weighted by Crippen LogP contribution is -2.49. The van der Waals surface area contributed by atoms with Crippen molar-refractivity contribution >= 4 is 27.5 Å². The summed E-state index contributed by atoms with van der Waals surface area (Å²) in [4.78, 5) is 6.80. The van der Waals surface area contributed by atoms with Crippen LogP contribution >= 0.6 is 0 Å². The molecule has 2 aromatic heterocycles. The number of anilines is 3. The van der Waals surface area contributed by atoms with Gasteiger partial charge in [0, 0.05) is 31.9 Å². The van der Waals surface area contributed by atoms with Gasteiger partial charge in [-0.25, -0.2) is 13.4 Å². The van der Waals surface area contributed by atoms with Crippen molar-refractivity contribution in [3.63, 3.8) is 0 Å². The van der Waals surface area contributed by atoms with Crippen LogP contribution < -0.4 is 10.2 Å². The molecule has 0 atom stereocenters. The number of hydrogen-bond acceptors (Lipinski definition) is 7. The Bertz CT molecular complexity index is 1170. The van der Waals surface area contributed by atoms with Gasteiger partial charge in [-0.3, -0.25) is 0 Å². The van der Waals surface area contributed by atoms with Crippen molar-refractivity contribution in [2.75, 3.05) is 36.4 Å². The van der Waals surface area contributed by atoms with Crippen LogP contribution in [0.15, 0.2) is 53.4 Å². The molecule has 1 saturated heterocycles. The van der Waals surface area contributed by atoms with Crippen molar-refractivity contribution in [1.29, 1.82) is 0 Å². The van der Waals surface area contributed by atoms with Gasteiger partial charge in [0.05, 0.1) is 4.90 Å². The molecule has 9 heteroatoms. The average Bonchev–Trinajstić information content (AvgIpc) is 2.76. The second-order valence-corrected chi connectivity index (χ2v) is 9.64. The molecule has 1 aliphatic heterocycles. The number of nitrogens with one attached hydrogen (secondary N) is 1. The maximum Gasteiger partial charge on any atom is 0.243 e. The number of benzene rings is 1. The van der Waals surface area contributed by atoms with Gasteiger partial charge in [-0.15, -0.1) is 10.2 Å². The summed E-state index contributed by atoms with van der Waals surface area (Å²) in [5.41, 5.74) is 2.98. The van der Waals surface area contributed by atoms with E-state index in [0.717, 1.165) is 22.6 Å². The van der Waals surface area contributed by atoms with E-state index in [0.29, 0.717) is 42.7 Å². The van der Waals surface area contributed by atoms with Gasteiger partial charge in [0.1, 0.15) is 5.82 Å². The number of hydrogen-bond donors (Lipinski definition) is 1. The molecule has 1 aromatic carbocycles. The first-order valence-electron chi connectivity index (χ1n) is 10.2. The first-order chi connectivity index (χ1) is 14.8. The minimum Gasteiger partial charge on any atom is -0.352 e. The first-order valence-corrected chi connectivity index (χ1v) is 11.6. The van der Waals surface area contributed by atoms with Gasteiger partial charge < -0.3 is 10.2 Å². The van der Waals surface area contributed by atoms with Crippen molar-refractivity contribution in [3.05, 3.63) is 65.4 Å². The lowest BCUT2D eigenvalue weighted by molar-refractivity contribution is 0.383. The second kappa shape index (κ2) is 8.60. The van der Waals surface area contributed by atoms with E-state index < -0.39 is 10.0 Å². The van der Waals surface area contributed by atoms with E-state index in [1.165, 1.54) is 0 Å². The second-order valence-electron chi connectivity index (χ2n) is 7.70. The molecule has 0 amide bonds. The molecule has 31 heavy (non-hydrogen) atoms. The molecule has 3 heterocycles. The number of nitrogens with zero attached hydrogens (tertiary/aromatic N) is 5. The number of aromatic nitrogens is 3. The van der Waals surface area contributed by atoms with Crippen LogP contribution in [0, 0.1) is 20.8 Å². The monoisotopic (exact) mass is 438 g/mol. The largest absolute Gasteiger partial charge is 0.352 e. The normalized spacial score (nSPS) is 15.1. The van der Waals surface area contributed by atoms with Gasteiger partial charge in [-0.1, -0.05) is 12.1 Å². The Morgan fingerprint density at radius 3 is 2.26 bits per heavy atom. The van der Waals surface area contributed by atoms with Crippen molar-refractivity contribution in [3.8, 4) is 0 Å². The van der Waals surface area contributed by atoms with Gasteiger partial charge in [0.2, 0.25) is 10.0 Å². The van der Waals surface area contributed by atoms with Crippen molar-refractivity contribution < 1.29 is 8.42 Å². The number of piperazine rings is 1. The van der Waals surface area contributed by atoms with E-state index in [-0.39, 0.29) is 0 Å². The topological polar surface area (TPSA) is 91.3 Å². The molecule has 1 fully saturated rings. The average molecular weight is 439 g/mol. The van der Waals surface area contributed by atoms with Gasteiger partial charge in [0.15, 0.2) is 11.6 Å². The molecule has 1 N–H and O–H groups in total. The molecular weight excluding hydrogens is 412 g/mol. The minimum atomic E-state index is -3.50. The smallest absolute Gasteiger partial charge is 0.243 e. The van der Waals surface area contributed by atoms with E-state index in [2.05, 4.69) is 20.5 Å². The van der Waals surface area contributed by atoms with Crippen LogP contribution in [-0.4, -0.2) is 54.1 Å². The molecule has 0 bridgehead atoms. The molecule has 0 radical (unpaired) electrons. The summed E-state index contributed by atoms with van der Waals surface area (Å²) >= 11 is 0. The summed E-state index contributed by atoms with van der Waals surface area (Å²) in [6.45, 7) is 7.77. The van der Waals surface area contributed by atoms with Crippen molar-refractivity contribution in [1.82, 2.24) is 19.5 Å². The summed E-state index contributed by atoms with van der Waals surface area (Å²) in [6.07, 6.45) is 0. The van der Waals surface area contributed by atoms with Crippen LogP contribution in [0.2, 0.25) is 0 Å². The molecule has 8 nitrogen and oxygen atoms in total. The van der Waals surface area contributed by atoms with Crippen LogP contribution in [0.25, 0.3) is 0 Å². The van der Waals surface area contributed by atoms with Gasteiger partial charge >= 0.3 is 0 Å². The van der Waals surface area contributed by atoms with Crippen molar-refractivity contribution in [2.24, 2.45) is 0 Å². The number of sulfonamides is 1. The highest BCUT2D eigenvalue weighted by Crippen LogP contribution is 2.22. The molecule has 0 spiro atoms. The summed E-state index contributed by atoms with van der Waals surface area (Å²) < 4.78 is 27.5. The molecule has 162 valence electrons. The van der Waals surface area contributed by atoms with Gasteiger partial charge in [0.25, 0.3) is 0 Å². The van der Waals surface area contributed by atoms with E-state index in [1.807, 2.05) is 62.1 Å². The molecular formula is C22H26N6O2S. The molecule has 3 aromatic rings. The highest BCUT2D eigenvalue weighted by atomic mass is 32.2. The number of pyridine rings is 1. The zero-order valence-corrected chi connectivity index (χ0v) is 18.7. The quantitative estimate of drug-likeness (QED) is 0.655. The fraction of sp³-hybridized carbons (Fsp3) is 0.318. The summed E-state index contributed by atoms with van der Waals surface area (Å²) in [5, 5.41) is 11.7. The van der Waals surface area contributed by atoms with Gasteiger partial charge in [-0.2, -0.15) is 4.31 Å². The van der Waals surface area contributed by atoms with Crippen LogP contribution in [-0.2, 0) is 10.0 Å². The predicted octanol–water partition coefficient (Wildman–Crippen LogP) is 3.05. The molecule has 1 aliphatic rings. The van der Waals surface area contributed by atoms with Crippen molar-refractivity contribution in [2.45, 2.75) is 25.7 Å². The zero-order valence-electron chi connectivity index (χ0n) is 17.9. The maximum atomic E-state index is 13.0. The van der Waals surface area contributed by atoms with Gasteiger partial charge in [-0.05, 0) is 68.3 Å². The third kappa shape index (κ3) is 4.67. The Morgan fingerprint density at radius 2 is 1.61 bits per heavy atom. The standard InChI is InChI=1S/C22H26N6O2S/c1-16-7-8-19(15-17(16)2)31(29,30)28-13-11-27(12-14-28)22-10-9-21(25-26-22)24-20-6-4-5-18(3)23-20/h4-10,15H,11-14H2,1-3H3,(H,23,24,25). The molecule has 0 aliphatic carbocycles. The summed E-state index contributed by atoms with van der Waals surface area (Å²) in [7, 11) is -3.50. The highest BCUT2D eigenvalue weighted by molar-refractivity contribution is 7.89. The lowest BCUT2D eigenvalue weighted by atomic mass is 10.1. The van der Waals surface area contributed by atoms with E-state index in [1.54, 1.807) is 16.4 Å². The Labute approximate surface area is 183 Å². The SMILES string of the molecule is Cc1cccc(Nc2ccc(N3CCN(S(=O)(=O)c4ccc(C)c(C)c4)CC3)nn2)n1. The third-order valence-electron chi connectivity index (χ3n) is 5.47. The number of aryl methyl sites for hydroxylation is 3. The zero-order chi connectivity index (χ0) is 22.0. The predicted molar refractivity (Wildman–Crippen MR) is 121 cm³/mol. The highest BCUT2D eigenvalue weighted by Gasteiger charge is 2.29. The first kappa shape index (κ1) is 21.2. The van der Waals surface area contributed by atoms with E-state index in [4.69, 9.17) is 0 Å². The minimum absolute atomic E-state index is 0.351. The summed E-state index contributed by atoms with van der Waals surface area (Å²) in [6, 6.07) is 14.8. The van der Waals surface area contributed by atoms with Crippen LogP contribution in [0.5, 0.6) is 0 Å². The Kier molecular flexibility index (Phi) is 5.88. The Morgan fingerprint density at radius 1 is 0.839 bits per heavy atom. The van der Waals surface area contributed by atoms with Crippen LogP contribution in [0.1, 0.15) is 16.8 Å². The van der Waals surface area contributed by atoms with Crippen LogP contribution in [0.3, 0.4) is 0 Å². The Hall–Kier alpha value is -3.04.